The molecule has 9 heavy (non-hydrogen) atoms. The van der Waals surface area contributed by atoms with Crippen LogP contribution in [0.4, 0.5) is 0 Å². The van der Waals surface area contributed by atoms with Crippen LogP contribution in [0, 0.1) is 0 Å². The predicted octanol–water partition coefficient (Wildman–Crippen LogP) is -8.62. The maximum Gasteiger partial charge on any atom is 0 e. The summed E-state index contributed by atoms with van der Waals surface area (Å²) < 4.78 is 34.4. The largest absolute Gasteiger partial charge is 0 e. The molecule has 0 unspecified atom stereocenters. The molecule has 0 saturated heterocycles. The van der Waals surface area contributed by atoms with Crippen LogP contribution in [-0.2, 0) is 60.2 Å². The second kappa shape index (κ2) is 15.1. The van der Waals surface area contributed by atoms with Gasteiger partial charge in [-0.15, -0.1) is 0 Å². The minimum atomic E-state index is -5.75. The molecule has 0 fully saturated rings. The van der Waals surface area contributed by atoms with E-state index in [1.54, 1.807) is 0 Å². The van der Waals surface area contributed by atoms with Gasteiger partial charge >= 0.3 is 132 Å². The van der Waals surface area contributed by atoms with Gasteiger partial charge in [0.25, 0.3) is 0 Å². The van der Waals surface area contributed by atoms with Gasteiger partial charge in [-0.1, -0.05) is 0 Å². The molecule has 0 aliphatic carbocycles. The molecule has 4 nitrogen and oxygen atoms in total. The molecule has 0 aromatic heterocycles. The number of hydrogen-bond donors (Lipinski definition) is 0. The fraction of sp³-hybridized carbons (Fsp3) is 0. The Morgan fingerprint density at radius 1 is 0.889 bits per heavy atom. The van der Waals surface area contributed by atoms with Crippen LogP contribution in [0.25, 0.3) is 0 Å². The molecule has 0 aliphatic rings. The molecule has 0 N–H and O–H groups in total. The van der Waals surface area contributed by atoms with Crippen molar-refractivity contribution in [2.75, 3.05) is 0 Å². The van der Waals surface area contributed by atoms with Crippen molar-refractivity contribution in [1.29, 1.82) is 0 Å². The van der Waals surface area contributed by atoms with Gasteiger partial charge in [0.2, 0.25) is 0 Å². The van der Waals surface area contributed by atoms with E-state index in [1.807, 2.05) is 0 Å². The SMILES string of the molecule is [K+].[K+].[O]=[Cr](=[O])([O-])[O-].[Zn].[Zn]. The van der Waals surface area contributed by atoms with Crippen LogP contribution >= 0.6 is 0 Å². The quantitative estimate of drug-likeness (QED) is 0.415. The molecule has 0 radical (unpaired) electrons. The topological polar surface area (TPSA) is 80.3 Å². The molecule has 0 aromatic carbocycles. The van der Waals surface area contributed by atoms with Gasteiger partial charge in [0.15, 0.2) is 0 Å². The normalized spacial score (nSPS) is 6.44. The standard InChI is InChI=1S/Cr.2K.4O.2Zn/q;2*+1;;;2*-1;;. The minimum Gasteiger partial charge on any atom is 0 e. The average molecular weight is 325 g/mol. The van der Waals surface area contributed by atoms with Gasteiger partial charge in [-0.25, -0.2) is 0 Å². The first-order valence-electron chi connectivity index (χ1n) is 0.667. The molecule has 0 spiro atoms. The summed E-state index contributed by atoms with van der Waals surface area (Å²) in [5.41, 5.74) is 0. The van der Waals surface area contributed by atoms with E-state index in [0.717, 1.165) is 0 Å². The van der Waals surface area contributed by atoms with E-state index in [2.05, 4.69) is 0 Å². The van der Waals surface area contributed by atoms with E-state index in [1.165, 1.54) is 0 Å². The Bertz CT molecular complexity index is 99.7. The maximum absolute atomic E-state index is 8.59. The molecule has 0 bridgehead atoms. The van der Waals surface area contributed by atoms with Crippen molar-refractivity contribution < 1.29 is 171 Å². The maximum atomic E-state index is 8.59. The van der Waals surface area contributed by atoms with Gasteiger partial charge in [0.1, 0.15) is 0 Å². The molecular weight excluding hydrogens is 325 g/mol. The molecule has 0 aliphatic heterocycles. The van der Waals surface area contributed by atoms with Crippen molar-refractivity contribution in [1.82, 2.24) is 0 Å². The zero-order valence-electron chi connectivity index (χ0n) is 5.46. The number of hydrogen-bond acceptors (Lipinski definition) is 4. The monoisotopic (exact) mass is 322 g/mol. The molecule has 0 heterocycles. The van der Waals surface area contributed by atoms with Crippen LogP contribution in [0.2, 0.25) is 0 Å². The van der Waals surface area contributed by atoms with Crippen LogP contribution < -0.4 is 111 Å². The van der Waals surface area contributed by atoms with Crippen LogP contribution in [0.3, 0.4) is 0 Å². The Balaban J connectivity index is -0.0000000133. The van der Waals surface area contributed by atoms with Crippen molar-refractivity contribution in [3.63, 3.8) is 0 Å². The second-order valence-electron chi connectivity index (χ2n) is 0.408. The van der Waals surface area contributed by atoms with E-state index in [0.29, 0.717) is 0 Å². The smallest absolute Gasteiger partial charge is 0 e. The Kier molecular flexibility index (Phi) is 48.9. The molecular formula is CrK2O4Zn2. The summed E-state index contributed by atoms with van der Waals surface area (Å²) in [6.07, 6.45) is 0. The summed E-state index contributed by atoms with van der Waals surface area (Å²) in [6.45, 7) is 0. The third-order valence-corrected chi connectivity index (χ3v) is 0. The van der Waals surface area contributed by atoms with Crippen molar-refractivity contribution in [3.8, 4) is 0 Å². The van der Waals surface area contributed by atoms with Crippen molar-refractivity contribution >= 4 is 0 Å². The van der Waals surface area contributed by atoms with E-state index in [9.17, 15) is 0 Å². The van der Waals surface area contributed by atoms with Crippen LogP contribution in [0.5, 0.6) is 0 Å². The molecule has 9 heteroatoms. The molecule has 0 rings (SSSR count). The van der Waals surface area contributed by atoms with Gasteiger partial charge in [0.05, 0.1) is 0 Å². The van der Waals surface area contributed by atoms with Gasteiger partial charge in [-0.05, 0) is 0 Å². The first-order valence-corrected chi connectivity index (χ1v) is 2.75. The second-order valence-corrected chi connectivity index (χ2v) is 1.68. The third-order valence-electron chi connectivity index (χ3n) is 0. The van der Waals surface area contributed by atoms with E-state index in [4.69, 9.17) is 15.9 Å². The first-order chi connectivity index (χ1) is 2.00. The van der Waals surface area contributed by atoms with Crippen LogP contribution in [0.15, 0.2) is 0 Å². The Morgan fingerprint density at radius 2 is 0.889 bits per heavy atom. The van der Waals surface area contributed by atoms with Gasteiger partial charge in [-0.3, -0.25) is 0 Å². The molecule has 0 amide bonds. The molecule has 36 valence electrons. The Labute approximate surface area is 166 Å². The summed E-state index contributed by atoms with van der Waals surface area (Å²) in [4.78, 5) is 0. The molecule has 0 saturated carbocycles. The summed E-state index contributed by atoms with van der Waals surface area (Å²) >= 11 is -5.75. The summed E-state index contributed by atoms with van der Waals surface area (Å²) in [5.74, 6) is 0. The van der Waals surface area contributed by atoms with Gasteiger partial charge in [0, 0.05) is 39.0 Å². The predicted molar refractivity (Wildman–Crippen MR) is 1.37 cm³/mol. The third kappa shape index (κ3) is 67.2. The van der Waals surface area contributed by atoms with Crippen molar-refractivity contribution in [2.45, 2.75) is 0 Å². The Hall–Kier alpha value is 4.57. The molecule has 0 atom stereocenters. The summed E-state index contributed by atoms with van der Waals surface area (Å²) in [7, 11) is 0. The van der Waals surface area contributed by atoms with Crippen molar-refractivity contribution in [2.24, 2.45) is 0 Å². The summed E-state index contributed by atoms with van der Waals surface area (Å²) in [6, 6.07) is 0. The fourth-order valence-corrected chi connectivity index (χ4v) is 0. The van der Waals surface area contributed by atoms with Gasteiger partial charge in [-0.2, -0.15) is 0 Å². The van der Waals surface area contributed by atoms with Gasteiger partial charge < -0.3 is 0 Å². The van der Waals surface area contributed by atoms with Crippen LogP contribution in [-0.4, -0.2) is 0 Å². The minimum absolute atomic E-state index is 0. The Morgan fingerprint density at radius 3 is 0.889 bits per heavy atom. The first kappa shape index (κ1) is 29.2. The average Bonchev–Trinajstić information content (AvgIpc) is 0.722. The molecule has 0 aromatic rings. The van der Waals surface area contributed by atoms with Crippen molar-refractivity contribution in [3.05, 3.63) is 0 Å². The van der Waals surface area contributed by atoms with E-state index < -0.39 is 13.6 Å². The van der Waals surface area contributed by atoms with E-state index >= 15 is 0 Å². The van der Waals surface area contributed by atoms with Crippen LogP contribution in [0.1, 0.15) is 0 Å². The van der Waals surface area contributed by atoms with E-state index in [-0.39, 0.29) is 142 Å². The zero-order chi connectivity index (χ0) is 4.50. The number of rotatable bonds is 0. The zero-order valence-corrected chi connectivity index (χ0v) is 18.9. The summed E-state index contributed by atoms with van der Waals surface area (Å²) in [5, 5.41) is 0. The fourth-order valence-electron chi connectivity index (χ4n) is 0.